The Bertz CT molecular complexity index is 301. The molecule has 1 amide bonds. The molecular formula is C12H20N2O2. The largest absolute Gasteiger partial charge is 0.444 e. The molecule has 0 unspecified atom stereocenters. The summed E-state index contributed by atoms with van der Waals surface area (Å²) in [6.07, 6.45) is 1.44. The summed E-state index contributed by atoms with van der Waals surface area (Å²) in [7, 11) is 0. The highest BCUT2D eigenvalue weighted by Gasteiger charge is 2.31. The second kappa shape index (κ2) is 4.73. The van der Waals surface area contributed by atoms with Crippen LogP contribution in [0.4, 0.5) is 4.79 Å². The highest BCUT2D eigenvalue weighted by atomic mass is 16.6. The van der Waals surface area contributed by atoms with E-state index in [1.165, 1.54) is 0 Å². The lowest BCUT2D eigenvalue weighted by Crippen LogP contribution is -2.47. The van der Waals surface area contributed by atoms with Gasteiger partial charge in [0, 0.05) is 12.6 Å². The van der Waals surface area contributed by atoms with Gasteiger partial charge in [-0.15, -0.1) is 0 Å². The van der Waals surface area contributed by atoms with Crippen LogP contribution in [0.1, 0.15) is 40.5 Å². The van der Waals surface area contributed by atoms with Gasteiger partial charge in [0.25, 0.3) is 0 Å². The minimum absolute atomic E-state index is 0.0521. The first-order valence-electron chi connectivity index (χ1n) is 5.72. The Morgan fingerprint density at radius 3 is 2.56 bits per heavy atom. The molecule has 1 aliphatic rings. The Balaban J connectivity index is 2.63. The molecule has 0 saturated carbocycles. The molecule has 16 heavy (non-hydrogen) atoms. The number of carbonyl (C=O) groups excluding carboxylic acids is 1. The second-order valence-electron chi connectivity index (χ2n) is 5.39. The van der Waals surface area contributed by atoms with Crippen molar-refractivity contribution in [2.75, 3.05) is 6.54 Å². The van der Waals surface area contributed by atoms with Crippen LogP contribution < -0.4 is 0 Å². The van der Waals surface area contributed by atoms with Gasteiger partial charge >= 0.3 is 6.09 Å². The Morgan fingerprint density at radius 2 is 2.06 bits per heavy atom. The second-order valence-corrected chi connectivity index (χ2v) is 5.39. The van der Waals surface area contributed by atoms with Gasteiger partial charge in [-0.3, -0.25) is 0 Å². The molecule has 0 aromatic carbocycles. The van der Waals surface area contributed by atoms with E-state index in [0.717, 1.165) is 12.8 Å². The zero-order valence-corrected chi connectivity index (χ0v) is 10.5. The Morgan fingerprint density at radius 1 is 1.44 bits per heavy atom. The van der Waals surface area contributed by atoms with Crippen molar-refractivity contribution in [2.24, 2.45) is 5.92 Å². The van der Waals surface area contributed by atoms with E-state index >= 15 is 0 Å². The zero-order valence-electron chi connectivity index (χ0n) is 10.5. The van der Waals surface area contributed by atoms with Gasteiger partial charge in [-0.2, -0.15) is 5.26 Å². The normalized spacial score (nSPS) is 26.1. The number of likely N-dealkylation sites (tertiary alicyclic amines) is 1. The van der Waals surface area contributed by atoms with Crippen LogP contribution in [0.25, 0.3) is 0 Å². The van der Waals surface area contributed by atoms with Crippen LogP contribution in [0.3, 0.4) is 0 Å². The van der Waals surface area contributed by atoms with Crippen molar-refractivity contribution in [3.63, 3.8) is 0 Å². The summed E-state index contributed by atoms with van der Waals surface area (Å²) in [6, 6.07) is 2.39. The standard InChI is InChI=1S/C12H20N2O2/c1-9-5-6-10(7-13)8-14(9)11(15)16-12(2,3)4/h9-10H,5-6,8H2,1-4H3/t9-,10-/m1/s1. The van der Waals surface area contributed by atoms with Crippen molar-refractivity contribution in [1.29, 1.82) is 5.26 Å². The third kappa shape index (κ3) is 3.41. The summed E-state index contributed by atoms with van der Waals surface area (Å²) in [4.78, 5) is 13.5. The highest BCUT2D eigenvalue weighted by Crippen LogP contribution is 2.23. The molecule has 1 saturated heterocycles. The van der Waals surface area contributed by atoms with Crippen LogP contribution >= 0.6 is 0 Å². The number of amides is 1. The molecular weight excluding hydrogens is 204 g/mol. The number of carbonyl (C=O) groups is 1. The third-order valence-electron chi connectivity index (χ3n) is 2.69. The number of rotatable bonds is 0. The summed E-state index contributed by atoms with van der Waals surface area (Å²) < 4.78 is 5.32. The zero-order chi connectivity index (χ0) is 12.3. The molecule has 90 valence electrons. The van der Waals surface area contributed by atoms with Crippen molar-refractivity contribution in [1.82, 2.24) is 4.90 Å². The van der Waals surface area contributed by atoms with Gasteiger partial charge in [0.05, 0.1) is 12.0 Å². The van der Waals surface area contributed by atoms with E-state index in [9.17, 15) is 4.79 Å². The van der Waals surface area contributed by atoms with Crippen molar-refractivity contribution < 1.29 is 9.53 Å². The van der Waals surface area contributed by atoms with Crippen LogP contribution in [0.2, 0.25) is 0 Å². The number of hydrogen-bond acceptors (Lipinski definition) is 3. The lowest BCUT2D eigenvalue weighted by molar-refractivity contribution is 0.00853. The van der Waals surface area contributed by atoms with E-state index in [2.05, 4.69) is 6.07 Å². The lowest BCUT2D eigenvalue weighted by Gasteiger charge is -2.36. The average Bonchev–Trinajstić information content (AvgIpc) is 2.15. The molecule has 4 nitrogen and oxygen atoms in total. The van der Waals surface area contributed by atoms with Crippen LogP contribution in [-0.2, 0) is 4.74 Å². The fraction of sp³-hybridized carbons (Fsp3) is 0.833. The van der Waals surface area contributed by atoms with Gasteiger partial charge < -0.3 is 9.64 Å². The molecule has 1 rings (SSSR count). The van der Waals surface area contributed by atoms with Gasteiger partial charge in [0.2, 0.25) is 0 Å². The molecule has 0 radical (unpaired) electrons. The van der Waals surface area contributed by atoms with E-state index in [0.29, 0.717) is 6.54 Å². The van der Waals surface area contributed by atoms with E-state index in [1.807, 2.05) is 27.7 Å². The molecule has 0 aliphatic carbocycles. The Hall–Kier alpha value is -1.24. The molecule has 1 heterocycles. The van der Waals surface area contributed by atoms with Crippen LogP contribution in [0.5, 0.6) is 0 Å². The number of nitriles is 1. The molecule has 0 aromatic heterocycles. The van der Waals surface area contributed by atoms with Gasteiger partial charge in [-0.05, 0) is 40.5 Å². The molecule has 0 aromatic rings. The fourth-order valence-corrected chi connectivity index (χ4v) is 1.79. The van der Waals surface area contributed by atoms with Crippen molar-refractivity contribution >= 4 is 6.09 Å². The molecule has 2 atom stereocenters. The van der Waals surface area contributed by atoms with Crippen molar-refractivity contribution in [2.45, 2.75) is 52.2 Å². The van der Waals surface area contributed by atoms with Gasteiger partial charge in [-0.1, -0.05) is 0 Å². The number of hydrogen-bond donors (Lipinski definition) is 0. The van der Waals surface area contributed by atoms with E-state index in [1.54, 1.807) is 4.90 Å². The smallest absolute Gasteiger partial charge is 0.410 e. The molecule has 0 bridgehead atoms. The summed E-state index contributed by atoms with van der Waals surface area (Å²) >= 11 is 0. The molecule has 4 heteroatoms. The van der Waals surface area contributed by atoms with E-state index in [-0.39, 0.29) is 18.1 Å². The van der Waals surface area contributed by atoms with Crippen molar-refractivity contribution in [3.05, 3.63) is 0 Å². The first kappa shape index (κ1) is 12.8. The summed E-state index contributed by atoms with van der Waals surface area (Å²) in [5.74, 6) is -0.0521. The molecule has 0 spiro atoms. The average molecular weight is 224 g/mol. The summed E-state index contributed by atoms with van der Waals surface area (Å²) in [6.45, 7) is 8.04. The monoisotopic (exact) mass is 224 g/mol. The quantitative estimate of drug-likeness (QED) is 0.635. The van der Waals surface area contributed by atoms with Gasteiger partial charge in [-0.25, -0.2) is 4.79 Å². The topological polar surface area (TPSA) is 53.3 Å². The van der Waals surface area contributed by atoms with E-state index < -0.39 is 5.60 Å². The minimum Gasteiger partial charge on any atom is -0.444 e. The molecule has 0 N–H and O–H groups in total. The van der Waals surface area contributed by atoms with Gasteiger partial charge in [0.1, 0.15) is 5.60 Å². The molecule has 1 aliphatic heterocycles. The fourth-order valence-electron chi connectivity index (χ4n) is 1.79. The number of nitrogens with zero attached hydrogens (tertiary/aromatic N) is 2. The highest BCUT2D eigenvalue weighted by molar-refractivity contribution is 5.68. The van der Waals surface area contributed by atoms with Crippen LogP contribution in [0.15, 0.2) is 0 Å². The van der Waals surface area contributed by atoms with Crippen molar-refractivity contribution in [3.8, 4) is 6.07 Å². The number of ether oxygens (including phenoxy) is 1. The number of piperidine rings is 1. The van der Waals surface area contributed by atoms with Crippen LogP contribution in [-0.4, -0.2) is 29.2 Å². The first-order chi connectivity index (χ1) is 7.33. The Kier molecular flexibility index (Phi) is 3.79. The van der Waals surface area contributed by atoms with E-state index in [4.69, 9.17) is 10.00 Å². The summed E-state index contributed by atoms with van der Waals surface area (Å²) in [5.41, 5.74) is -0.476. The summed E-state index contributed by atoms with van der Waals surface area (Å²) in [5, 5.41) is 8.88. The maximum atomic E-state index is 11.9. The SMILES string of the molecule is C[C@@H]1CC[C@H](C#N)CN1C(=O)OC(C)(C)C. The maximum Gasteiger partial charge on any atom is 0.410 e. The first-order valence-corrected chi connectivity index (χ1v) is 5.72. The third-order valence-corrected chi connectivity index (χ3v) is 2.69. The maximum absolute atomic E-state index is 11.9. The predicted molar refractivity (Wildman–Crippen MR) is 60.7 cm³/mol. The molecule has 1 fully saturated rings. The predicted octanol–water partition coefficient (Wildman–Crippen LogP) is 2.55. The Labute approximate surface area is 97.2 Å². The minimum atomic E-state index is -0.476. The van der Waals surface area contributed by atoms with Gasteiger partial charge in [0.15, 0.2) is 0 Å². The lowest BCUT2D eigenvalue weighted by atomic mass is 9.95. The van der Waals surface area contributed by atoms with Crippen LogP contribution in [0, 0.1) is 17.2 Å².